The zero-order valence-electron chi connectivity index (χ0n) is 19.8. The van der Waals surface area contributed by atoms with Crippen molar-refractivity contribution < 1.29 is 24.0 Å². The van der Waals surface area contributed by atoms with Gasteiger partial charge in [0, 0.05) is 28.9 Å². The highest BCUT2D eigenvalue weighted by molar-refractivity contribution is 9.09. The van der Waals surface area contributed by atoms with Gasteiger partial charge in [-0.15, -0.1) is 0 Å². The number of carbonyl (C=O) groups excluding carboxylic acids is 3. The van der Waals surface area contributed by atoms with E-state index in [4.69, 9.17) is 4.74 Å². The molecule has 0 unspecified atom stereocenters. The minimum atomic E-state index is -1.32. The van der Waals surface area contributed by atoms with Crippen LogP contribution in [-0.2, 0) is 4.74 Å². The minimum absolute atomic E-state index is 0.155. The van der Waals surface area contributed by atoms with E-state index in [1.165, 1.54) is 30.3 Å². The molecule has 0 aliphatic carbocycles. The van der Waals surface area contributed by atoms with Crippen LogP contribution in [0, 0.1) is 10.1 Å². The summed E-state index contributed by atoms with van der Waals surface area (Å²) in [7, 11) is 0. The third-order valence-corrected chi connectivity index (χ3v) is 6.64. The first-order valence-corrected chi connectivity index (χ1v) is 12.4. The molecule has 1 amide bonds. The Morgan fingerprint density at radius 1 is 0.763 bits per heavy atom. The summed E-state index contributed by atoms with van der Waals surface area (Å²) in [5, 5.41) is 14.0. The van der Waals surface area contributed by atoms with E-state index >= 15 is 0 Å². The molecule has 0 fully saturated rings. The number of anilines is 1. The van der Waals surface area contributed by atoms with Crippen molar-refractivity contribution in [3.63, 3.8) is 0 Å². The number of carbonyl (C=O) groups is 3. The lowest BCUT2D eigenvalue weighted by Crippen LogP contribution is -2.31. The molecule has 0 heterocycles. The molecule has 4 aromatic carbocycles. The number of halogens is 1. The minimum Gasteiger partial charge on any atom is -0.449 e. The Kier molecular flexibility index (Phi) is 8.40. The number of Topliss-reactive ketones (excluding diaryl/α,β-unsaturated/α-hetero) is 1. The maximum atomic E-state index is 13.4. The van der Waals surface area contributed by atoms with Gasteiger partial charge < -0.3 is 10.1 Å². The van der Waals surface area contributed by atoms with Crippen LogP contribution in [0.2, 0.25) is 0 Å². The van der Waals surface area contributed by atoms with E-state index in [1.807, 2.05) is 6.07 Å². The van der Waals surface area contributed by atoms with Crippen LogP contribution in [0.25, 0.3) is 0 Å². The number of nitrogens with one attached hydrogen (secondary N) is 1. The number of hydrogen-bond donors (Lipinski definition) is 1. The van der Waals surface area contributed by atoms with Gasteiger partial charge >= 0.3 is 5.97 Å². The van der Waals surface area contributed by atoms with Gasteiger partial charge in [-0.05, 0) is 42.0 Å². The number of ether oxygens (including phenoxy) is 1. The van der Waals surface area contributed by atoms with Crippen molar-refractivity contribution in [1.82, 2.24) is 0 Å². The second-order valence-electron chi connectivity index (χ2n) is 8.21. The van der Waals surface area contributed by atoms with E-state index < -0.39 is 27.6 Å². The fourth-order valence-corrected chi connectivity index (χ4v) is 4.30. The van der Waals surface area contributed by atoms with Crippen molar-refractivity contribution in [1.29, 1.82) is 0 Å². The number of esters is 1. The second kappa shape index (κ2) is 12.1. The van der Waals surface area contributed by atoms with Gasteiger partial charge in [0.05, 0.1) is 15.3 Å². The predicted molar refractivity (Wildman–Crippen MR) is 146 cm³/mol. The van der Waals surface area contributed by atoms with Crippen LogP contribution in [0.1, 0.15) is 41.5 Å². The molecule has 0 saturated heterocycles. The van der Waals surface area contributed by atoms with Gasteiger partial charge in [0.1, 0.15) is 0 Å². The van der Waals surface area contributed by atoms with Crippen LogP contribution >= 0.6 is 15.9 Å². The summed E-state index contributed by atoms with van der Waals surface area (Å²) in [6.07, 6.45) is -1.32. The quantitative estimate of drug-likeness (QED) is 0.0816. The Morgan fingerprint density at radius 3 is 1.97 bits per heavy atom. The highest BCUT2D eigenvalue weighted by Gasteiger charge is 2.33. The largest absolute Gasteiger partial charge is 0.449 e. The Hall–Kier alpha value is -4.63. The van der Waals surface area contributed by atoms with E-state index in [1.54, 1.807) is 72.8 Å². The van der Waals surface area contributed by atoms with Crippen LogP contribution in [0.5, 0.6) is 0 Å². The summed E-state index contributed by atoms with van der Waals surface area (Å²) in [6.45, 7) is 0. The molecule has 4 rings (SSSR count). The molecule has 9 heteroatoms. The first-order chi connectivity index (χ1) is 18.3. The van der Waals surface area contributed by atoms with Crippen LogP contribution in [0.3, 0.4) is 0 Å². The van der Waals surface area contributed by atoms with E-state index in [9.17, 15) is 24.5 Å². The molecular formula is C29H21BrN2O6. The van der Waals surface area contributed by atoms with E-state index in [0.29, 0.717) is 22.4 Å². The number of hydrogen-bond acceptors (Lipinski definition) is 6. The lowest BCUT2D eigenvalue weighted by atomic mass is 9.99. The molecule has 0 aliphatic rings. The van der Waals surface area contributed by atoms with Crippen molar-refractivity contribution in [2.75, 3.05) is 5.32 Å². The zero-order chi connectivity index (χ0) is 27.1. The normalized spacial score (nSPS) is 12.1. The highest BCUT2D eigenvalue weighted by atomic mass is 79.9. The molecule has 0 aliphatic heterocycles. The molecule has 0 spiro atoms. The average molecular weight is 573 g/mol. The number of nitro benzene ring substituents is 1. The third kappa shape index (κ3) is 6.37. The van der Waals surface area contributed by atoms with Crippen LogP contribution in [0.4, 0.5) is 11.4 Å². The Labute approximate surface area is 226 Å². The van der Waals surface area contributed by atoms with Crippen molar-refractivity contribution in [2.24, 2.45) is 0 Å². The molecule has 4 aromatic rings. The van der Waals surface area contributed by atoms with E-state index in [-0.39, 0.29) is 17.2 Å². The molecule has 0 saturated carbocycles. The molecule has 1 N–H and O–H groups in total. The Morgan fingerprint density at radius 2 is 1.37 bits per heavy atom. The summed E-state index contributed by atoms with van der Waals surface area (Å²) >= 11 is 3.43. The van der Waals surface area contributed by atoms with Crippen molar-refractivity contribution >= 4 is 45.0 Å². The van der Waals surface area contributed by atoms with Crippen LogP contribution < -0.4 is 5.32 Å². The number of benzene rings is 4. The maximum absolute atomic E-state index is 13.4. The molecule has 0 radical (unpaired) electrons. The Bertz CT molecular complexity index is 1460. The number of nitrogens with zero attached hydrogens (tertiary/aromatic N) is 1. The highest BCUT2D eigenvalue weighted by Crippen LogP contribution is 2.33. The summed E-state index contributed by atoms with van der Waals surface area (Å²) in [5.41, 5.74) is 1.69. The molecule has 190 valence electrons. The van der Waals surface area contributed by atoms with Gasteiger partial charge in [0.2, 0.25) is 5.78 Å². The molecular weight excluding hydrogens is 552 g/mol. The monoisotopic (exact) mass is 572 g/mol. The summed E-state index contributed by atoms with van der Waals surface area (Å²) in [5.74, 6) is -1.54. The van der Waals surface area contributed by atoms with E-state index in [2.05, 4.69) is 21.2 Å². The molecule has 38 heavy (non-hydrogen) atoms. The molecule has 0 aromatic heterocycles. The SMILES string of the molecule is O=C(Nc1ccc(C(=O)O[C@@H](C(=O)c2ccccc2)[C@@H](Br)c2cccc([N+](=O)[O-])c2)cc1)c1ccccc1. The molecule has 0 bridgehead atoms. The van der Waals surface area contributed by atoms with Gasteiger partial charge in [-0.3, -0.25) is 19.7 Å². The lowest BCUT2D eigenvalue weighted by molar-refractivity contribution is -0.384. The topological polar surface area (TPSA) is 116 Å². The van der Waals surface area contributed by atoms with Crippen molar-refractivity contribution in [3.05, 3.63) is 142 Å². The van der Waals surface area contributed by atoms with Gasteiger partial charge in [-0.1, -0.05) is 76.6 Å². The first kappa shape index (κ1) is 26.4. The fraction of sp³-hybridized carbons (Fsp3) is 0.0690. The molecule has 2 atom stereocenters. The Balaban J connectivity index is 1.55. The number of nitro groups is 1. The standard InChI is InChI=1S/C29H21BrN2O6/c30-25(22-12-7-13-24(18-22)32(36)37)27(26(33)19-8-3-1-4-9-19)38-29(35)21-14-16-23(17-15-21)31-28(34)20-10-5-2-6-11-20/h1-18,25,27H,(H,31,34)/t25-,27+/m0/s1. The van der Waals surface area contributed by atoms with Gasteiger partial charge in [0.15, 0.2) is 6.10 Å². The average Bonchev–Trinajstić information content (AvgIpc) is 2.96. The van der Waals surface area contributed by atoms with Gasteiger partial charge in [0.25, 0.3) is 11.6 Å². The van der Waals surface area contributed by atoms with Gasteiger partial charge in [-0.2, -0.15) is 0 Å². The number of amides is 1. The maximum Gasteiger partial charge on any atom is 0.338 e. The number of rotatable bonds is 9. The molecule has 8 nitrogen and oxygen atoms in total. The van der Waals surface area contributed by atoms with Crippen LogP contribution in [-0.4, -0.2) is 28.7 Å². The summed E-state index contributed by atoms with van der Waals surface area (Å²) < 4.78 is 5.67. The first-order valence-electron chi connectivity index (χ1n) is 11.5. The second-order valence-corrected chi connectivity index (χ2v) is 9.19. The third-order valence-electron chi connectivity index (χ3n) is 5.63. The predicted octanol–water partition coefficient (Wildman–Crippen LogP) is 6.39. The lowest BCUT2D eigenvalue weighted by Gasteiger charge is -2.22. The van der Waals surface area contributed by atoms with Crippen molar-refractivity contribution in [2.45, 2.75) is 10.9 Å². The fourth-order valence-electron chi connectivity index (χ4n) is 3.66. The summed E-state index contributed by atoms with van der Waals surface area (Å²) in [6, 6.07) is 28.8. The number of ketones is 1. The van der Waals surface area contributed by atoms with Crippen molar-refractivity contribution in [3.8, 4) is 0 Å². The zero-order valence-corrected chi connectivity index (χ0v) is 21.4. The number of non-ortho nitro benzene ring substituents is 1. The van der Waals surface area contributed by atoms with Gasteiger partial charge in [-0.25, -0.2) is 4.79 Å². The van der Waals surface area contributed by atoms with E-state index in [0.717, 1.165) is 0 Å². The number of alkyl halides is 1. The summed E-state index contributed by atoms with van der Waals surface area (Å²) in [4.78, 5) is 48.7. The smallest absolute Gasteiger partial charge is 0.338 e. The van der Waals surface area contributed by atoms with Crippen LogP contribution in [0.15, 0.2) is 109 Å².